The first-order valence-electron chi connectivity index (χ1n) is 54.0. The summed E-state index contributed by atoms with van der Waals surface area (Å²) in [6.07, 6.45) is 54.9. The molecular weight excluding hydrogens is 1690 g/mol. The molecule has 0 amide bonds. The molecule has 0 saturated heterocycles. The van der Waals surface area contributed by atoms with Gasteiger partial charge >= 0.3 is 0 Å². The zero-order valence-corrected chi connectivity index (χ0v) is 82.2. The number of ether oxygens (including phenoxy) is 4. The van der Waals surface area contributed by atoms with Crippen LogP contribution in [0.15, 0.2) is 228 Å². The van der Waals surface area contributed by atoms with Crippen molar-refractivity contribution in [3.8, 4) is 46.0 Å². The number of imidazole rings is 2. The van der Waals surface area contributed by atoms with Crippen molar-refractivity contribution in [3.63, 3.8) is 0 Å². The van der Waals surface area contributed by atoms with Crippen LogP contribution in [0.25, 0.3) is 163 Å². The molecule has 4 heterocycles. The first kappa shape index (κ1) is 92.0. The summed E-state index contributed by atoms with van der Waals surface area (Å²) in [6, 6.07) is 78.7. The summed E-state index contributed by atoms with van der Waals surface area (Å²) in [6.45, 7) is 9.18. The van der Waals surface area contributed by atoms with Gasteiger partial charge in [0, 0.05) is 64.6 Å². The number of aryl methyl sites for hydroxylation is 4. The lowest BCUT2D eigenvalue weighted by Gasteiger charge is -2.25. The van der Waals surface area contributed by atoms with Crippen LogP contribution in [0.3, 0.4) is 0 Å². The highest BCUT2D eigenvalue weighted by Gasteiger charge is 2.34. The molecule has 21 aromatic rings. The van der Waals surface area contributed by atoms with Crippen LogP contribution < -0.4 is 30.1 Å². The van der Waals surface area contributed by atoms with Crippen molar-refractivity contribution < 1.29 is 18.9 Å². The highest BCUT2D eigenvalue weighted by Crippen LogP contribution is 2.59. The Hall–Kier alpha value is -12.4. The molecule has 0 aliphatic rings. The highest BCUT2D eigenvalue weighted by atomic mass is 16.5. The maximum Gasteiger partial charge on any atom is 0.264 e. The fourth-order valence-corrected chi connectivity index (χ4v) is 23.7. The zero-order chi connectivity index (χ0) is 93.4. The number of nitrogens with zero attached hydrogens (tertiary/aromatic N) is 2. The van der Waals surface area contributed by atoms with Gasteiger partial charge < -0.3 is 28.9 Å². The van der Waals surface area contributed by atoms with E-state index in [1.54, 1.807) is 0 Å². The molecular formula is C128H138N4O6. The van der Waals surface area contributed by atoms with Crippen molar-refractivity contribution in [2.24, 2.45) is 0 Å². The first-order chi connectivity index (χ1) is 68.2. The number of hydrogen-bond acceptors (Lipinski definition) is 6. The van der Waals surface area contributed by atoms with Gasteiger partial charge in [0.2, 0.25) is 0 Å². The Kier molecular flexibility index (Phi) is 28.3. The molecule has 0 radical (unpaired) electrons. The van der Waals surface area contributed by atoms with E-state index in [1.165, 1.54) is 275 Å². The molecule has 0 aliphatic heterocycles. The minimum atomic E-state index is -0.197. The number of benzene rings is 17. The third-order valence-corrected chi connectivity index (χ3v) is 31.1. The smallest absolute Gasteiger partial charge is 0.264 e. The Morgan fingerprint density at radius 1 is 0.225 bits per heavy atom. The van der Waals surface area contributed by atoms with E-state index >= 15 is 9.59 Å². The second kappa shape index (κ2) is 42.5. The summed E-state index contributed by atoms with van der Waals surface area (Å²) in [4.78, 5) is 42.7. The molecule has 706 valence electrons. The van der Waals surface area contributed by atoms with E-state index in [1.807, 2.05) is 20.9 Å². The molecule has 10 heteroatoms. The molecule has 10 nitrogen and oxygen atoms in total. The molecule has 0 bridgehead atoms. The van der Waals surface area contributed by atoms with Crippen LogP contribution in [-0.2, 0) is 25.7 Å². The van der Waals surface area contributed by atoms with Crippen LogP contribution in [0.1, 0.15) is 307 Å². The van der Waals surface area contributed by atoms with Crippen LogP contribution >= 0.6 is 0 Å². The van der Waals surface area contributed by atoms with Crippen molar-refractivity contribution in [2.45, 2.75) is 310 Å². The summed E-state index contributed by atoms with van der Waals surface area (Å²) < 4.78 is 35.5. The van der Waals surface area contributed by atoms with Crippen molar-refractivity contribution in [1.29, 1.82) is 0 Å². The predicted octanol–water partition coefficient (Wildman–Crippen LogP) is 38.5. The van der Waals surface area contributed by atoms with Gasteiger partial charge in [-0.2, -0.15) is 0 Å². The first-order valence-corrected chi connectivity index (χ1v) is 54.0. The topological polar surface area (TPSA) is 111 Å². The predicted molar refractivity (Wildman–Crippen MR) is 588 cm³/mol. The minimum Gasteiger partial charge on any atom is -0.457 e. The van der Waals surface area contributed by atoms with E-state index in [0.717, 1.165) is 149 Å². The minimum absolute atomic E-state index is 0.195. The van der Waals surface area contributed by atoms with Crippen molar-refractivity contribution in [2.75, 3.05) is 0 Å². The molecule has 0 aliphatic carbocycles. The fraction of sp³-hybridized carbons (Fsp3) is 0.375. The number of aromatic nitrogens is 4. The molecule has 21 rings (SSSR count). The average molecular weight is 1830 g/mol. The maximum absolute atomic E-state index is 17.4. The summed E-state index contributed by atoms with van der Waals surface area (Å²) in [5, 5.41) is 21.7. The number of pyridine rings is 2. The molecule has 0 fully saturated rings. The molecule has 4 aromatic heterocycles. The third kappa shape index (κ3) is 18.7. The monoisotopic (exact) mass is 1830 g/mol. The van der Waals surface area contributed by atoms with Crippen LogP contribution in [0.5, 0.6) is 46.0 Å². The average Bonchev–Trinajstić information content (AvgIpc) is 1.19. The third-order valence-electron chi connectivity index (χ3n) is 31.1. The summed E-state index contributed by atoms with van der Waals surface area (Å²) >= 11 is 0. The second-order valence-corrected chi connectivity index (χ2v) is 40.9. The molecule has 138 heavy (non-hydrogen) atoms. The van der Waals surface area contributed by atoms with Crippen molar-refractivity contribution in [1.82, 2.24) is 18.8 Å². The Balaban J connectivity index is 0.804. The van der Waals surface area contributed by atoms with Crippen LogP contribution in [0, 0.1) is 0 Å². The van der Waals surface area contributed by atoms with Crippen LogP contribution in [0.2, 0.25) is 0 Å². The number of nitrogens with one attached hydrogen (secondary N) is 2. The molecule has 0 atom stereocenters. The molecule has 17 aromatic carbocycles. The van der Waals surface area contributed by atoms with E-state index in [0.29, 0.717) is 89.6 Å². The number of rotatable bonds is 52. The number of fused-ring (bicyclic) bond motifs is 12. The van der Waals surface area contributed by atoms with Gasteiger partial charge in [-0.1, -0.05) is 392 Å². The van der Waals surface area contributed by atoms with Gasteiger partial charge in [0.25, 0.3) is 11.1 Å². The largest absolute Gasteiger partial charge is 0.457 e. The summed E-state index contributed by atoms with van der Waals surface area (Å²) in [5.41, 5.74) is 9.18. The number of unbranched alkanes of at least 4 members (excludes halogenated alkanes) is 36. The van der Waals surface area contributed by atoms with Gasteiger partial charge in [-0.15, -0.1) is 0 Å². The number of aromatic amines is 2. The molecule has 2 N–H and O–H groups in total. The lowest BCUT2D eigenvalue weighted by molar-refractivity contribution is 0.483. The Morgan fingerprint density at radius 2 is 0.507 bits per heavy atom. The maximum atomic E-state index is 17.4. The Morgan fingerprint density at radius 3 is 0.855 bits per heavy atom. The molecule has 0 saturated carbocycles. The van der Waals surface area contributed by atoms with Gasteiger partial charge in [-0.25, -0.2) is 0 Å². The summed E-state index contributed by atoms with van der Waals surface area (Å²) in [5.74, 6) is 4.55. The van der Waals surface area contributed by atoms with E-state index in [-0.39, 0.29) is 11.1 Å². The van der Waals surface area contributed by atoms with Crippen molar-refractivity contribution >= 4 is 163 Å². The van der Waals surface area contributed by atoms with Gasteiger partial charge in [0.1, 0.15) is 57.3 Å². The van der Waals surface area contributed by atoms with Gasteiger partial charge in [0.15, 0.2) is 0 Å². The highest BCUT2D eigenvalue weighted by molar-refractivity contribution is 6.45. The zero-order valence-electron chi connectivity index (χ0n) is 82.2. The second-order valence-electron chi connectivity index (χ2n) is 40.9. The fourth-order valence-electron chi connectivity index (χ4n) is 23.7. The molecule has 0 spiro atoms. The molecule has 0 unspecified atom stereocenters. The van der Waals surface area contributed by atoms with Crippen LogP contribution in [0.4, 0.5) is 0 Å². The Labute approximate surface area is 812 Å². The lowest BCUT2D eigenvalue weighted by Crippen LogP contribution is -2.15. The quantitative estimate of drug-likeness (QED) is 0.0223. The van der Waals surface area contributed by atoms with E-state index in [2.05, 4.69) is 244 Å². The Bertz CT molecular complexity index is 7740. The van der Waals surface area contributed by atoms with Gasteiger partial charge in [-0.3, -0.25) is 18.4 Å². The van der Waals surface area contributed by atoms with Crippen LogP contribution in [-0.4, -0.2) is 18.8 Å². The standard InChI is InChI=1S/C128H138N4O6/c1-5-9-13-17-21-25-29-33-37-41-47-85-55-69-95(70-56-85)135-107-81-101-115-104(128(134)132-124-100-78-68-92-54-46-52-90-63-65-93(114(100)112(90)92)79-105(124)129-125(101)132)84-110(138-98-75-61-88(62-76-98)50-44-40-36-32-28-24-20-16-12-8-4)120-119-109(137-97-73-59-87(60-74-97)49-43-39-35-31-27-23-19-15-11-7-3)83-103-116-102(126-130-123-99-77-67-91-53-45-51-89-64-66-94(113(99)111(89)91)80-106(123)131(126)127(103)133)82-108(118(122(116)119)117(107)121(115)120)136-96-71-57-86(58-72-96)48-42-38-34-30-26-22-18-14-10-6-2/h45-46,51-84,129-130H,5-44,47-50H2,1-4H3. The van der Waals surface area contributed by atoms with E-state index in [9.17, 15) is 0 Å². The summed E-state index contributed by atoms with van der Waals surface area (Å²) in [7, 11) is 0. The number of H-pyrrole nitrogens is 2. The van der Waals surface area contributed by atoms with Crippen molar-refractivity contribution in [3.05, 3.63) is 261 Å². The number of hydrogen-bond donors (Lipinski definition) is 2. The van der Waals surface area contributed by atoms with Gasteiger partial charge in [-0.05, 0) is 212 Å². The van der Waals surface area contributed by atoms with E-state index < -0.39 is 0 Å². The van der Waals surface area contributed by atoms with E-state index in [4.69, 9.17) is 18.9 Å². The SMILES string of the molecule is CCCCCCCCCCCCc1ccc(Oc2cc3c(=O)n4c5cc6ccc7cccc8ccc(c5[nH]c4c4cc(Oc5ccc(CCCCCCCCCCCC)cc5)c5c9c(Oc%10ccc(CCCCCCCCCCCC)cc%10)cc%10c%11c(cc(Oc%12ccc(CCCCCCCCCCCC)cc%12)c(c2c5c34)c9%11)c(=O)n2c%10[nH]c3cc4ccc5cccc9ccc(c4c59)c32)c6c78)cc1. The normalized spacial score (nSPS) is 12.4. The van der Waals surface area contributed by atoms with Gasteiger partial charge in [0.05, 0.1) is 32.8 Å². The lowest BCUT2D eigenvalue weighted by atomic mass is 9.84.